The van der Waals surface area contributed by atoms with Crippen LogP contribution in [0, 0.1) is 0 Å². The van der Waals surface area contributed by atoms with Crippen molar-refractivity contribution in [3.8, 4) is 0 Å². The maximum absolute atomic E-state index is 4.57. The minimum atomic E-state index is 0.800. The maximum Gasteiger partial charge on any atom is 0.108 e. The van der Waals surface area contributed by atoms with Crippen molar-refractivity contribution < 1.29 is 0 Å². The van der Waals surface area contributed by atoms with Gasteiger partial charge in [0.05, 0.1) is 23.0 Å². The molecule has 0 saturated heterocycles. The second-order valence-corrected chi connectivity index (χ2v) is 5.03. The van der Waals surface area contributed by atoms with Gasteiger partial charge < -0.3 is 5.32 Å². The van der Waals surface area contributed by atoms with Crippen molar-refractivity contribution in [1.82, 2.24) is 25.3 Å². The van der Waals surface area contributed by atoms with Gasteiger partial charge in [-0.1, -0.05) is 17.3 Å². The van der Waals surface area contributed by atoms with Gasteiger partial charge in [-0.3, -0.25) is 4.68 Å². The summed E-state index contributed by atoms with van der Waals surface area (Å²) in [4.78, 5) is 4.57. The Bertz CT molecular complexity index is 583. The Morgan fingerprint density at radius 2 is 2.22 bits per heavy atom. The highest BCUT2D eigenvalue weighted by Gasteiger charge is 2.02. The largest absolute Gasteiger partial charge is 0.309 e. The van der Waals surface area contributed by atoms with Crippen LogP contribution in [0.3, 0.4) is 0 Å². The number of nitrogens with zero attached hydrogens (tertiary/aromatic N) is 4. The van der Waals surface area contributed by atoms with Crippen LogP contribution in [0.15, 0.2) is 36.7 Å². The monoisotopic (exact) mass is 259 g/mol. The van der Waals surface area contributed by atoms with Crippen molar-refractivity contribution in [3.63, 3.8) is 0 Å². The highest BCUT2D eigenvalue weighted by molar-refractivity contribution is 7.18. The Balaban J connectivity index is 1.53. The van der Waals surface area contributed by atoms with Gasteiger partial charge in [-0.25, -0.2) is 4.98 Å². The minimum Gasteiger partial charge on any atom is -0.309 e. The van der Waals surface area contributed by atoms with Crippen LogP contribution in [0.1, 0.15) is 5.01 Å². The molecule has 92 valence electrons. The molecule has 2 aromatic heterocycles. The van der Waals surface area contributed by atoms with Gasteiger partial charge in [0.15, 0.2) is 0 Å². The van der Waals surface area contributed by atoms with Crippen molar-refractivity contribution >= 4 is 21.6 Å². The lowest BCUT2D eigenvalue weighted by atomic mass is 10.3. The Morgan fingerprint density at radius 1 is 1.28 bits per heavy atom. The molecule has 5 nitrogen and oxygen atoms in total. The zero-order valence-corrected chi connectivity index (χ0v) is 10.6. The van der Waals surface area contributed by atoms with E-state index >= 15 is 0 Å². The lowest BCUT2D eigenvalue weighted by Gasteiger charge is -2.01. The molecule has 0 bridgehead atoms. The second-order valence-electron chi connectivity index (χ2n) is 3.92. The van der Waals surface area contributed by atoms with Gasteiger partial charge in [-0.05, 0) is 12.1 Å². The molecule has 1 aromatic carbocycles. The van der Waals surface area contributed by atoms with Gasteiger partial charge in [0.2, 0.25) is 0 Å². The Labute approximate surface area is 108 Å². The van der Waals surface area contributed by atoms with Crippen LogP contribution in [0.5, 0.6) is 0 Å². The second kappa shape index (κ2) is 5.24. The number of benzene rings is 1. The lowest BCUT2D eigenvalue weighted by Crippen LogP contribution is -2.19. The van der Waals surface area contributed by atoms with Gasteiger partial charge in [-0.2, -0.15) is 0 Å². The van der Waals surface area contributed by atoms with Gasteiger partial charge >= 0.3 is 0 Å². The van der Waals surface area contributed by atoms with E-state index < -0.39 is 0 Å². The van der Waals surface area contributed by atoms with Crippen LogP contribution in [0.4, 0.5) is 0 Å². The number of rotatable bonds is 5. The summed E-state index contributed by atoms with van der Waals surface area (Å²) in [5, 5.41) is 12.2. The molecule has 6 heteroatoms. The van der Waals surface area contributed by atoms with E-state index in [0.717, 1.165) is 30.2 Å². The highest BCUT2D eigenvalue weighted by atomic mass is 32.1. The third-order valence-electron chi connectivity index (χ3n) is 2.60. The van der Waals surface area contributed by atoms with Crippen molar-refractivity contribution in [1.29, 1.82) is 0 Å². The SMILES string of the molecule is c1ccc2sc(CNCCn3ccnn3)nc2c1. The fourth-order valence-corrected chi connectivity index (χ4v) is 2.67. The van der Waals surface area contributed by atoms with Gasteiger partial charge in [0.1, 0.15) is 5.01 Å². The lowest BCUT2D eigenvalue weighted by molar-refractivity contribution is 0.540. The van der Waals surface area contributed by atoms with E-state index in [1.165, 1.54) is 4.70 Å². The summed E-state index contributed by atoms with van der Waals surface area (Å²) in [5.74, 6) is 0. The smallest absolute Gasteiger partial charge is 0.108 e. The maximum atomic E-state index is 4.57. The molecule has 3 rings (SSSR count). The first-order chi connectivity index (χ1) is 8.92. The van der Waals surface area contributed by atoms with E-state index in [4.69, 9.17) is 0 Å². The zero-order valence-electron chi connectivity index (χ0n) is 9.78. The number of fused-ring (bicyclic) bond motifs is 1. The predicted octanol–water partition coefficient (Wildman–Crippen LogP) is 1.68. The van der Waals surface area contributed by atoms with Crippen LogP contribution in [-0.2, 0) is 13.1 Å². The van der Waals surface area contributed by atoms with Gasteiger partial charge in [0.25, 0.3) is 0 Å². The fraction of sp³-hybridized carbons (Fsp3) is 0.250. The van der Waals surface area contributed by atoms with Crippen LogP contribution < -0.4 is 5.32 Å². The summed E-state index contributed by atoms with van der Waals surface area (Å²) in [5.41, 5.74) is 1.08. The third-order valence-corrected chi connectivity index (χ3v) is 3.64. The third kappa shape index (κ3) is 2.55. The first-order valence-corrected chi connectivity index (χ1v) is 6.63. The van der Waals surface area contributed by atoms with E-state index in [1.54, 1.807) is 17.5 Å². The molecule has 0 fully saturated rings. The van der Waals surface area contributed by atoms with Crippen LogP contribution in [0.25, 0.3) is 10.2 Å². The van der Waals surface area contributed by atoms with E-state index in [0.29, 0.717) is 0 Å². The van der Waals surface area contributed by atoms with Gasteiger partial charge in [-0.15, -0.1) is 16.4 Å². The molecule has 0 spiro atoms. The van der Waals surface area contributed by atoms with E-state index in [2.05, 4.69) is 26.7 Å². The van der Waals surface area contributed by atoms with Gasteiger partial charge in [0, 0.05) is 19.3 Å². The predicted molar refractivity (Wildman–Crippen MR) is 71.3 cm³/mol. The summed E-state index contributed by atoms with van der Waals surface area (Å²) in [6.45, 7) is 2.48. The molecule has 18 heavy (non-hydrogen) atoms. The number of para-hydroxylation sites is 1. The molecule has 3 aromatic rings. The summed E-state index contributed by atoms with van der Waals surface area (Å²) in [6, 6.07) is 8.21. The number of aromatic nitrogens is 4. The first kappa shape index (κ1) is 11.3. The topological polar surface area (TPSA) is 55.6 Å². The standard InChI is InChI=1S/C12H13N5S/c1-2-4-11-10(3-1)15-12(18-11)9-13-5-7-17-8-6-14-16-17/h1-4,6,8,13H,5,7,9H2. The average molecular weight is 259 g/mol. The van der Waals surface area contributed by atoms with Crippen molar-refractivity contribution in [2.24, 2.45) is 0 Å². The molecule has 0 aliphatic rings. The summed E-state index contributed by atoms with van der Waals surface area (Å²) >= 11 is 1.74. The van der Waals surface area contributed by atoms with Crippen molar-refractivity contribution in [2.45, 2.75) is 13.1 Å². The van der Waals surface area contributed by atoms with Crippen molar-refractivity contribution in [3.05, 3.63) is 41.7 Å². The summed E-state index contributed by atoms with van der Waals surface area (Å²) < 4.78 is 3.05. The number of thiazole rings is 1. The van der Waals surface area contributed by atoms with E-state index in [1.807, 2.05) is 29.1 Å². The minimum absolute atomic E-state index is 0.800. The molecular weight excluding hydrogens is 246 g/mol. The Morgan fingerprint density at radius 3 is 3.06 bits per heavy atom. The molecular formula is C12H13N5S. The Kier molecular flexibility index (Phi) is 3.29. The summed E-state index contributed by atoms with van der Waals surface area (Å²) in [7, 11) is 0. The molecule has 0 saturated carbocycles. The van der Waals surface area contributed by atoms with Crippen LogP contribution in [-0.4, -0.2) is 26.5 Å². The molecule has 0 amide bonds. The molecule has 0 aliphatic heterocycles. The van der Waals surface area contributed by atoms with Crippen molar-refractivity contribution in [2.75, 3.05) is 6.54 Å². The quantitative estimate of drug-likeness (QED) is 0.708. The fourth-order valence-electron chi connectivity index (χ4n) is 1.74. The van der Waals surface area contributed by atoms with Crippen LogP contribution >= 0.6 is 11.3 Å². The molecule has 0 radical (unpaired) electrons. The number of nitrogens with one attached hydrogen (secondary N) is 1. The van der Waals surface area contributed by atoms with E-state index in [-0.39, 0.29) is 0 Å². The van der Waals surface area contributed by atoms with E-state index in [9.17, 15) is 0 Å². The molecule has 0 aliphatic carbocycles. The number of hydrogen-bond donors (Lipinski definition) is 1. The average Bonchev–Trinajstić information content (AvgIpc) is 3.03. The molecule has 1 N–H and O–H groups in total. The zero-order chi connectivity index (χ0) is 12.2. The Hall–Kier alpha value is -1.79. The summed E-state index contributed by atoms with van der Waals surface area (Å²) in [6.07, 6.45) is 3.55. The molecule has 0 unspecified atom stereocenters. The van der Waals surface area contributed by atoms with Crippen LogP contribution in [0.2, 0.25) is 0 Å². The number of hydrogen-bond acceptors (Lipinski definition) is 5. The molecule has 0 atom stereocenters. The first-order valence-electron chi connectivity index (χ1n) is 5.81. The molecule has 2 heterocycles. The normalized spacial score (nSPS) is 11.1. The highest BCUT2D eigenvalue weighted by Crippen LogP contribution is 2.21.